The number of hydrogen-bond acceptors (Lipinski definition) is 7. The van der Waals surface area contributed by atoms with Gasteiger partial charge in [-0.05, 0) is 41.8 Å². The SMILES string of the molecule is CC(=O)Nc1ccc([C@@H]2N[C@](Cc3ccccc3)(C(=O)O)[C@@H]3C(=O)N(c4ccc(C)cc4[N+](=O)[O-])C(=O)[C@H]32)cc1. The molecular formula is C29H26N4O7. The predicted octanol–water partition coefficient (Wildman–Crippen LogP) is 3.38. The van der Waals surface area contributed by atoms with Crippen molar-refractivity contribution in [1.82, 2.24) is 5.32 Å². The standard InChI is InChI=1S/C29H26N4O7/c1-16-8-13-21(22(14-16)33(39)40)32-26(35)23-24(27(32)36)29(28(37)38,15-18-6-4-3-5-7-18)31-25(23)19-9-11-20(12-10-19)30-17(2)34/h3-14,23-25,31H,15H2,1-2H3,(H,30,34)(H,37,38)/t23-,24+,25+,29+/m1/s1. The van der Waals surface area contributed by atoms with E-state index in [0.29, 0.717) is 22.4 Å². The van der Waals surface area contributed by atoms with E-state index in [0.717, 1.165) is 4.90 Å². The number of nitro benzene ring substituents is 1. The third-order valence-electron chi connectivity index (χ3n) is 7.52. The number of carbonyl (C=O) groups is 4. The summed E-state index contributed by atoms with van der Waals surface area (Å²) in [4.78, 5) is 64.5. The number of carbonyl (C=O) groups excluding carboxylic acids is 3. The molecule has 4 atom stereocenters. The summed E-state index contributed by atoms with van der Waals surface area (Å²) >= 11 is 0. The van der Waals surface area contributed by atoms with Crippen LogP contribution in [0.2, 0.25) is 0 Å². The van der Waals surface area contributed by atoms with E-state index in [4.69, 9.17) is 0 Å². The molecule has 2 fully saturated rings. The van der Waals surface area contributed by atoms with Gasteiger partial charge in [-0.15, -0.1) is 0 Å². The van der Waals surface area contributed by atoms with Crippen molar-refractivity contribution in [3.8, 4) is 0 Å². The maximum Gasteiger partial charge on any atom is 0.325 e. The highest BCUT2D eigenvalue weighted by molar-refractivity contribution is 6.25. The molecule has 0 radical (unpaired) electrons. The highest BCUT2D eigenvalue weighted by atomic mass is 16.6. The molecule has 204 valence electrons. The number of benzene rings is 3. The number of carboxylic acid groups (broad SMARTS) is 1. The van der Waals surface area contributed by atoms with Crippen LogP contribution >= 0.6 is 0 Å². The van der Waals surface area contributed by atoms with E-state index in [1.165, 1.54) is 19.1 Å². The first-order valence-electron chi connectivity index (χ1n) is 12.6. The van der Waals surface area contributed by atoms with Crippen molar-refractivity contribution in [2.75, 3.05) is 10.2 Å². The van der Waals surface area contributed by atoms with Gasteiger partial charge in [-0.25, -0.2) is 4.90 Å². The van der Waals surface area contributed by atoms with E-state index >= 15 is 0 Å². The summed E-state index contributed by atoms with van der Waals surface area (Å²) in [5, 5.41) is 28.3. The average molecular weight is 543 g/mol. The van der Waals surface area contributed by atoms with Crippen LogP contribution in [0.4, 0.5) is 17.1 Å². The fraction of sp³-hybridized carbons (Fsp3) is 0.241. The Morgan fingerprint density at radius 1 is 1.05 bits per heavy atom. The highest BCUT2D eigenvalue weighted by Gasteiger charge is 2.69. The van der Waals surface area contributed by atoms with Crippen LogP contribution in [0.5, 0.6) is 0 Å². The van der Waals surface area contributed by atoms with Crippen LogP contribution in [-0.4, -0.2) is 39.3 Å². The summed E-state index contributed by atoms with van der Waals surface area (Å²) in [5.74, 6) is -5.62. The Balaban J connectivity index is 1.65. The molecule has 0 aliphatic carbocycles. The number of fused-ring (bicyclic) bond motifs is 1. The van der Waals surface area contributed by atoms with Crippen LogP contribution in [0.3, 0.4) is 0 Å². The molecule has 0 bridgehead atoms. The molecule has 0 aromatic heterocycles. The van der Waals surface area contributed by atoms with Crippen molar-refractivity contribution in [3.63, 3.8) is 0 Å². The third-order valence-corrected chi connectivity index (χ3v) is 7.52. The van der Waals surface area contributed by atoms with E-state index < -0.39 is 51.8 Å². The van der Waals surface area contributed by atoms with Crippen LogP contribution in [0.1, 0.15) is 29.7 Å². The zero-order valence-corrected chi connectivity index (χ0v) is 21.7. The summed E-state index contributed by atoms with van der Waals surface area (Å²) in [5.41, 5.74) is -0.260. The van der Waals surface area contributed by atoms with Gasteiger partial charge < -0.3 is 10.4 Å². The number of aliphatic carboxylic acids is 1. The lowest BCUT2D eigenvalue weighted by molar-refractivity contribution is -0.384. The van der Waals surface area contributed by atoms with Crippen molar-refractivity contribution in [2.24, 2.45) is 11.8 Å². The van der Waals surface area contributed by atoms with E-state index in [1.807, 2.05) is 0 Å². The van der Waals surface area contributed by atoms with Crippen molar-refractivity contribution in [1.29, 1.82) is 0 Å². The summed E-state index contributed by atoms with van der Waals surface area (Å²) in [6.45, 7) is 3.02. The molecular weight excluding hydrogens is 516 g/mol. The molecule has 2 saturated heterocycles. The quantitative estimate of drug-likeness (QED) is 0.233. The second-order valence-electron chi connectivity index (χ2n) is 10.1. The number of nitrogens with one attached hydrogen (secondary N) is 2. The Morgan fingerprint density at radius 2 is 1.73 bits per heavy atom. The molecule has 2 heterocycles. The van der Waals surface area contributed by atoms with E-state index in [2.05, 4.69) is 10.6 Å². The average Bonchev–Trinajstić information content (AvgIpc) is 3.38. The first kappa shape index (κ1) is 26.7. The van der Waals surface area contributed by atoms with Crippen molar-refractivity contribution in [3.05, 3.63) is 99.6 Å². The molecule has 0 spiro atoms. The number of aryl methyl sites for hydroxylation is 1. The Hall–Kier alpha value is -4.90. The maximum absolute atomic E-state index is 14.1. The largest absolute Gasteiger partial charge is 0.480 e. The fourth-order valence-corrected chi connectivity index (χ4v) is 5.83. The predicted molar refractivity (Wildman–Crippen MR) is 144 cm³/mol. The minimum Gasteiger partial charge on any atom is -0.480 e. The van der Waals surface area contributed by atoms with Crippen molar-refractivity contribution < 1.29 is 29.2 Å². The lowest BCUT2D eigenvalue weighted by Gasteiger charge is -2.31. The minimum atomic E-state index is -1.88. The van der Waals surface area contributed by atoms with Crippen molar-refractivity contribution >= 4 is 40.8 Å². The molecule has 11 heteroatoms. The van der Waals surface area contributed by atoms with Crippen molar-refractivity contribution in [2.45, 2.75) is 31.8 Å². The lowest BCUT2D eigenvalue weighted by Crippen LogP contribution is -2.57. The molecule has 0 unspecified atom stereocenters. The minimum absolute atomic E-state index is 0.104. The van der Waals surface area contributed by atoms with Gasteiger partial charge in [-0.1, -0.05) is 48.5 Å². The Labute approximate surface area is 229 Å². The van der Waals surface area contributed by atoms with Gasteiger partial charge in [0.15, 0.2) is 0 Å². The Bertz CT molecular complexity index is 1540. The number of carboxylic acids is 1. The Morgan fingerprint density at radius 3 is 2.33 bits per heavy atom. The second-order valence-corrected chi connectivity index (χ2v) is 10.1. The first-order valence-corrected chi connectivity index (χ1v) is 12.6. The van der Waals surface area contributed by atoms with Gasteiger partial charge in [-0.2, -0.15) is 0 Å². The number of amides is 3. The van der Waals surface area contributed by atoms with Crippen LogP contribution in [0.15, 0.2) is 72.8 Å². The number of hydrogen-bond donors (Lipinski definition) is 3. The molecule has 5 rings (SSSR count). The van der Waals surface area contributed by atoms with Crippen LogP contribution in [-0.2, 0) is 25.6 Å². The van der Waals surface area contributed by atoms with Gasteiger partial charge in [-0.3, -0.25) is 34.6 Å². The van der Waals surface area contributed by atoms with E-state index in [-0.39, 0.29) is 18.0 Å². The third kappa shape index (κ3) is 4.39. The number of rotatable bonds is 7. The monoisotopic (exact) mass is 542 g/mol. The van der Waals surface area contributed by atoms with Crippen LogP contribution < -0.4 is 15.5 Å². The van der Waals surface area contributed by atoms with E-state index in [9.17, 15) is 34.4 Å². The summed E-state index contributed by atoms with van der Waals surface area (Å²) in [6.07, 6.45) is -0.104. The summed E-state index contributed by atoms with van der Waals surface area (Å²) < 4.78 is 0. The molecule has 0 saturated carbocycles. The van der Waals surface area contributed by atoms with Crippen LogP contribution in [0.25, 0.3) is 0 Å². The zero-order chi connectivity index (χ0) is 28.8. The number of nitro groups is 1. The summed E-state index contributed by atoms with van der Waals surface area (Å²) in [7, 11) is 0. The fourth-order valence-electron chi connectivity index (χ4n) is 5.83. The molecule has 3 amide bonds. The molecule has 11 nitrogen and oxygen atoms in total. The molecule has 2 aliphatic rings. The lowest BCUT2D eigenvalue weighted by atomic mass is 9.76. The normalized spacial score (nSPS) is 23.6. The second kappa shape index (κ2) is 10.0. The highest BCUT2D eigenvalue weighted by Crippen LogP contribution is 2.52. The molecule has 3 aromatic rings. The molecule has 40 heavy (non-hydrogen) atoms. The number of nitrogens with zero attached hydrogens (tertiary/aromatic N) is 2. The maximum atomic E-state index is 14.1. The molecule has 3 N–H and O–H groups in total. The zero-order valence-electron chi connectivity index (χ0n) is 21.7. The van der Waals surface area contributed by atoms with Gasteiger partial charge in [0.25, 0.3) is 5.69 Å². The van der Waals surface area contributed by atoms with Gasteiger partial charge in [0.05, 0.1) is 16.8 Å². The Kier molecular flexibility index (Phi) is 6.68. The smallest absolute Gasteiger partial charge is 0.325 e. The molecule has 2 aliphatic heterocycles. The van der Waals surface area contributed by atoms with E-state index in [1.54, 1.807) is 67.6 Å². The number of imide groups is 1. The van der Waals surface area contributed by atoms with Gasteiger partial charge in [0, 0.05) is 31.1 Å². The first-order chi connectivity index (χ1) is 19.0. The number of anilines is 2. The summed E-state index contributed by atoms with van der Waals surface area (Å²) in [6, 6.07) is 18.6. The van der Waals surface area contributed by atoms with Crippen LogP contribution in [0, 0.1) is 28.9 Å². The van der Waals surface area contributed by atoms with Gasteiger partial charge in [0.1, 0.15) is 11.2 Å². The molecule has 3 aromatic carbocycles. The van der Waals surface area contributed by atoms with Gasteiger partial charge >= 0.3 is 5.97 Å². The topological polar surface area (TPSA) is 159 Å². The van der Waals surface area contributed by atoms with Gasteiger partial charge in [0.2, 0.25) is 17.7 Å².